The summed E-state index contributed by atoms with van der Waals surface area (Å²) >= 11 is 0. The Balaban J connectivity index is 1.53. The van der Waals surface area contributed by atoms with Crippen LogP contribution in [0.15, 0.2) is 41.7 Å². The number of anilines is 1. The first kappa shape index (κ1) is 26.8. The molecule has 2 aromatic rings. The third-order valence-electron chi connectivity index (χ3n) is 7.74. The first-order valence-electron chi connectivity index (χ1n) is 13.4. The number of carbonyl (C=O) groups excluding carboxylic acids is 1. The molecule has 0 saturated carbocycles. The number of fused-ring (bicyclic) bond motifs is 1. The smallest absolute Gasteiger partial charge is 0.264 e. The fourth-order valence-corrected chi connectivity index (χ4v) is 5.63. The molecule has 0 radical (unpaired) electrons. The molecule has 10 heteroatoms. The number of nitriles is 1. The van der Waals surface area contributed by atoms with Crippen molar-refractivity contribution in [1.29, 1.82) is 10.7 Å². The summed E-state index contributed by atoms with van der Waals surface area (Å²) in [4.78, 5) is 19.8. The van der Waals surface area contributed by atoms with Gasteiger partial charge in [-0.1, -0.05) is 0 Å². The second kappa shape index (κ2) is 11.5. The topological polar surface area (TPSA) is 105 Å². The molecule has 5 rings (SSSR count). The van der Waals surface area contributed by atoms with E-state index in [4.69, 9.17) is 4.74 Å². The van der Waals surface area contributed by atoms with Crippen molar-refractivity contribution in [3.05, 3.63) is 58.6 Å². The average molecular weight is 535 g/mol. The van der Waals surface area contributed by atoms with E-state index in [9.17, 15) is 24.2 Å². The summed E-state index contributed by atoms with van der Waals surface area (Å²) in [6.07, 6.45) is 2.52. The van der Waals surface area contributed by atoms with Gasteiger partial charge in [-0.15, -0.1) is 0 Å². The van der Waals surface area contributed by atoms with Crippen LogP contribution in [-0.4, -0.2) is 60.5 Å². The first-order valence-corrected chi connectivity index (χ1v) is 13.4. The highest BCUT2D eigenvalue weighted by Crippen LogP contribution is 2.40. The van der Waals surface area contributed by atoms with Crippen LogP contribution in [0.1, 0.15) is 55.9 Å². The molecule has 0 unspecified atom stereocenters. The van der Waals surface area contributed by atoms with Gasteiger partial charge in [0, 0.05) is 74.4 Å². The van der Waals surface area contributed by atoms with Crippen molar-refractivity contribution in [1.82, 2.24) is 15.2 Å². The van der Waals surface area contributed by atoms with Gasteiger partial charge in [0.05, 0.1) is 6.54 Å². The second-order valence-electron chi connectivity index (χ2n) is 10.2. The quantitative estimate of drug-likeness (QED) is 0.430. The molecule has 2 N–H and O–H groups in total. The number of hydrogen-bond acceptors (Lipinski definition) is 6. The van der Waals surface area contributed by atoms with Crippen LogP contribution in [0.25, 0.3) is 11.1 Å². The van der Waals surface area contributed by atoms with Crippen LogP contribution < -0.4 is 10.2 Å². The number of rotatable bonds is 5. The highest BCUT2D eigenvalue weighted by Gasteiger charge is 2.31. The number of alkyl halides is 2. The van der Waals surface area contributed by atoms with Gasteiger partial charge in [-0.25, -0.2) is 13.8 Å². The van der Waals surface area contributed by atoms with E-state index >= 15 is 0 Å². The van der Waals surface area contributed by atoms with Crippen molar-refractivity contribution in [3.63, 3.8) is 0 Å². The summed E-state index contributed by atoms with van der Waals surface area (Å²) in [6.45, 7) is 4.30. The van der Waals surface area contributed by atoms with E-state index in [0.29, 0.717) is 62.5 Å². The van der Waals surface area contributed by atoms with E-state index in [1.165, 1.54) is 25.3 Å². The molecular weight excluding hydrogens is 502 g/mol. The highest BCUT2D eigenvalue weighted by atomic mass is 19.3. The summed E-state index contributed by atoms with van der Waals surface area (Å²) in [6, 6.07) is 8.62. The predicted octanol–water partition coefficient (Wildman–Crippen LogP) is 4.56. The molecule has 0 bridgehead atoms. The minimum absolute atomic E-state index is 0.0526. The summed E-state index contributed by atoms with van der Waals surface area (Å²) in [7, 11) is 0. The highest BCUT2D eigenvalue weighted by molar-refractivity contribution is 6.09. The predicted molar refractivity (Wildman–Crippen MR) is 144 cm³/mol. The minimum atomic E-state index is -2.74. The lowest BCUT2D eigenvalue weighted by Gasteiger charge is -2.38. The average Bonchev–Trinajstić information content (AvgIpc) is 2.96. The maximum Gasteiger partial charge on any atom is 0.264 e. The van der Waals surface area contributed by atoms with Gasteiger partial charge in [0.1, 0.15) is 17.6 Å². The zero-order valence-corrected chi connectivity index (χ0v) is 22.0. The fraction of sp³-hybridized carbons (Fsp3) is 0.448. The number of aryl methyl sites for hydroxylation is 1. The standard InChI is InChI=1S/C29H32F2N6O2/c1-18(38)36-10-5-26(35-21-6-11-39-12-7-21)25(17-36)29(33)37-9-2-3-20-14-23(24(28(30)31)15-27(20)37)19-4-8-34-22(13-19)16-32/h4,8,13-15,21,28,33,35H,2-3,5-7,9-12,17H2,1H3. The van der Waals surface area contributed by atoms with E-state index in [-0.39, 0.29) is 29.0 Å². The van der Waals surface area contributed by atoms with E-state index < -0.39 is 6.43 Å². The third-order valence-corrected chi connectivity index (χ3v) is 7.74. The van der Waals surface area contributed by atoms with Gasteiger partial charge >= 0.3 is 0 Å². The molecule has 0 aliphatic carbocycles. The van der Waals surface area contributed by atoms with Gasteiger partial charge in [0.15, 0.2) is 0 Å². The van der Waals surface area contributed by atoms with Crippen molar-refractivity contribution in [2.45, 2.75) is 51.5 Å². The molecule has 1 fully saturated rings. The van der Waals surface area contributed by atoms with Crippen molar-refractivity contribution in [2.75, 3.05) is 37.7 Å². The van der Waals surface area contributed by atoms with Gasteiger partial charge in [-0.05, 0) is 66.6 Å². The number of aromatic nitrogens is 1. The Labute approximate surface area is 226 Å². The minimum Gasteiger partial charge on any atom is -0.385 e. The number of pyridine rings is 1. The lowest BCUT2D eigenvalue weighted by Crippen LogP contribution is -2.46. The number of amides is 1. The Bertz CT molecular complexity index is 1350. The molecule has 3 aliphatic rings. The number of nitrogens with one attached hydrogen (secondary N) is 2. The van der Waals surface area contributed by atoms with Crippen LogP contribution in [0, 0.1) is 16.7 Å². The second-order valence-corrected chi connectivity index (χ2v) is 10.2. The normalized spacial score (nSPS) is 18.1. The van der Waals surface area contributed by atoms with Crippen LogP contribution in [0.3, 0.4) is 0 Å². The van der Waals surface area contributed by atoms with Crippen LogP contribution in [0.4, 0.5) is 14.5 Å². The number of benzene rings is 1. The number of halogens is 2. The molecule has 4 heterocycles. The fourth-order valence-electron chi connectivity index (χ4n) is 5.63. The van der Waals surface area contributed by atoms with E-state index in [2.05, 4.69) is 10.3 Å². The summed E-state index contributed by atoms with van der Waals surface area (Å²) in [5, 5.41) is 22.1. The SMILES string of the molecule is CC(=O)N1CCC(NC2CCOCC2)=C(C(=N)N2CCCc3cc(-c4ccnc(C#N)c4)c(C(F)F)cc32)C1. The van der Waals surface area contributed by atoms with E-state index in [1.807, 2.05) is 11.0 Å². The molecule has 1 aromatic heterocycles. The van der Waals surface area contributed by atoms with Crippen LogP contribution in [0.5, 0.6) is 0 Å². The molecule has 204 valence electrons. The van der Waals surface area contributed by atoms with Gasteiger partial charge in [0.25, 0.3) is 6.43 Å². The zero-order valence-electron chi connectivity index (χ0n) is 22.0. The maximum absolute atomic E-state index is 14.4. The summed E-state index contributed by atoms with van der Waals surface area (Å²) in [5.41, 5.74) is 4.05. The molecule has 8 nitrogen and oxygen atoms in total. The molecule has 0 spiro atoms. The molecule has 1 amide bonds. The molecule has 1 saturated heterocycles. The zero-order chi connectivity index (χ0) is 27.5. The van der Waals surface area contributed by atoms with Gasteiger partial charge in [-0.3, -0.25) is 10.2 Å². The monoisotopic (exact) mass is 534 g/mol. The van der Waals surface area contributed by atoms with Crippen molar-refractivity contribution < 1.29 is 18.3 Å². The molecule has 0 atom stereocenters. The lowest BCUT2D eigenvalue weighted by molar-refractivity contribution is -0.128. The maximum atomic E-state index is 14.4. The van der Waals surface area contributed by atoms with Gasteiger partial charge in [-0.2, -0.15) is 5.26 Å². The van der Waals surface area contributed by atoms with Crippen molar-refractivity contribution in [3.8, 4) is 17.2 Å². The molecule has 39 heavy (non-hydrogen) atoms. The van der Waals surface area contributed by atoms with E-state index in [0.717, 1.165) is 36.1 Å². The van der Waals surface area contributed by atoms with Gasteiger partial charge in [0.2, 0.25) is 5.91 Å². The summed E-state index contributed by atoms with van der Waals surface area (Å²) < 4.78 is 34.3. The van der Waals surface area contributed by atoms with Crippen LogP contribution >= 0.6 is 0 Å². The van der Waals surface area contributed by atoms with Gasteiger partial charge < -0.3 is 19.9 Å². The number of nitrogens with zero attached hydrogens (tertiary/aromatic N) is 4. The molecule has 3 aliphatic heterocycles. The van der Waals surface area contributed by atoms with Crippen molar-refractivity contribution in [2.24, 2.45) is 0 Å². The van der Waals surface area contributed by atoms with Crippen molar-refractivity contribution >= 4 is 17.4 Å². The number of hydrogen-bond donors (Lipinski definition) is 2. The Morgan fingerprint density at radius 1 is 1.23 bits per heavy atom. The Kier molecular flexibility index (Phi) is 7.89. The first-order chi connectivity index (χ1) is 18.9. The Morgan fingerprint density at radius 3 is 2.74 bits per heavy atom. The molecular formula is C29H32F2N6O2. The Morgan fingerprint density at radius 2 is 2.03 bits per heavy atom. The van der Waals surface area contributed by atoms with E-state index in [1.54, 1.807) is 17.0 Å². The lowest BCUT2D eigenvalue weighted by atomic mass is 9.91. The number of carbonyl (C=O) groups is 1. The largest absolute Gasteiger partial charge is 0.385 e. The molecule has 1 aromatic carbocycles. The summed E-state index contributed by atoms with van der Waals surface area (Å²) in [5.74, 6) is 0.184. The third kappa shape index (κ3) is 5.64. The van der Waals surface area contributed by atoms with Crippen LogP contribution in [-0.2, 0) is 16.0 Å². The number of ether oxygens (including phenoxy) is 1. The Hall–Kier alpha value is -3.84. The number of amidine groups is 1. The van der Waals surface area contributed by atoms with Crippen LogP contribution in [0.2, 0.25) is 0 Å².